The van der Waals surface area contributed by atoms with Crippen LogP contribution in [0.2, 0.25) is 0 Å². The van der Waals surface area contributed by atoms with Gasteiger partial charge < -0.3 is 0 Å². The van der Waals surface area contributed by atoms with Crippen molar-refractivity contribution in [2.24, 2.45) is 0 Å². The SMILES string of the molecule is CCCCO[P+](=O)CC.[Al]. The van der Waals surface area contributed by atoms with Crippen molar-refractivity contribution in [1.82, 2.24) is 0 Å². The molecule has 0 aliphatic heterocycles. The van der Waals surface area contributed by atoms with Gasteiger partial charge in [0.2, 0.25) is 0 Å². The summed E-state index contributed by atoms with van der Waals surface area (Å²) in [4.78, 5) is 0. The van der Waals surface area contributed by atoms with E-state index in [1.807, 2.05) is 6.92 Å². The van der Waals surface area contributed by atoms with E-state index in [9.17, 15) is 4.57 Å². The number of hydrogen-bond acceptors (Lipinski definition) is 2. The molecule has 0 saturated heterocycles. The van der Waals surface area contributed by atoms with E-state index >= 15 is 0 Å². The summed E-state index contributed by atoms with van der Waals surface area (Å²) in [6.07, 6.45) is 2.76. The van der Waals surface area contributed by atoms with Crippen LogP contribution in [0.3, 0.4) is 0 Å². The van der Waals surface area contributed by atoms with Crippen LogP contribution in [0.4, 0.5) is 0 Å². The zero-order chi connectivity index (χ0) is 7.11. The largest absolute Gasteiger partial charge is 0.507 e. The summed E-state index contributed by atoms with van der Waals surface area (Å²) < 4.78 is 15.6. The lowest BCUT2D eigenvalue weighted by molar-refractivity contribution is 0.321. The minimum absolute atomic E-state index is 0. The van der Waals surface area contributed by atoms with Crippen molar-refractivity contribution in [1.29, 1.82) is 0 Å². The Hall–Kier alpha value is 0.592. The second-order valence-electron chi connectivity index (χ2n) is 1.84. The molecule has 0 heterocycles. The lowest BCUT2D eigenvalue weighted by Crippen LogP contribution is -1.85. The first-order valence-corrected chi connectivity index (χ1v) is 4.75. The molecule has 0 spiro atoms. The fraction of sp³-hybridized carbons (Fsp3) is 1.00. The summed E-state index contributed by atoms with van der Waals surface area (Å²) in [7, 11) is -1.34. The second kappa shape index (κ2) is 9.59. The molecule has 1 atom stereocenters. The third kappa shape index (κ3) is 8.59. The molecule has 0 aromatic heterocycles. The monoisotopic (exact) mass is 176 g/mol. The van der Waals surface area contributed by atoms with E-state index in [4.69, 9.17) is 4.52 Å². The fourth-order valence-corrected chi connectivity index (χ4v) is 0.917. The van der Waals surface area contributed by atoms with Gasteiger partial charge in [-0.25, -0.2) is 0 Å². The van der Waals surface area contributed by atoms with Crippen LogP contribution in [-0.4, -0.2) is 30.1 Å². The summed E-state index contributed by atoms with van der Waals surface area (Å²) in [6.45, 7) is 4.60. The molecule has 0 aliphatic rings. The molecular formula is C6H14AlO2P+. The minimum atomic E-state index is -1.34. The van der Waals surface area contributed by atoms with Crippen molar-refractivity contribution < 1.29 is 9.09 Å². The van der Waals surface area contributed by atoms with E-state index in [2.05, 4.69) is 6.92 Å². The van der Waals surface area contributed by atoms with Gasteiger partial charge in [0.25, 0.3) is 0 Å². The Morgan fingerprint density at radius 1 is 1.40 bits per heavy atom. The van der Waals surface area contributed by atoms with Gasteiger partial charge in [-0.2, -0.15) is 0 Å². The molecule has 0 rings (SSSR count). The Morgan fingerprint density at radius 3 is 2.40 bits per heavy atom. The third-order valence-electron chi connectivity index (χ3n) is 0.991. The first-order chi connectivity index (χ1) is 4.31. The van der Waals surface area contributed by atoms with E-state index < -0.39 is 8.03 Å². The quantitative estimate of drug-likeness (QED) is 0.364. The van der Waals surface area contributed by atoms with Crippen LogP contribution in [0.5, 0.6) is 0 Å². The minimum Gasteiger partial charge on any atom is -0.146 e. The Labute approximate surface area is 74.3 Å². The lowest BCUT2D eigenvalue weighted by Gasteiger charge is -1.86. The van der Waals surface area contributed by atoms with Gasteiger partial charge in [-0.15, -0.1) is 4.52 Å². The Morgan fingerprint density at radius 2 is 2.00 bits per heavy atom. The molecule has 0 bridgehead atoms. The number of rotatable bonds is 5. The van der Waals surface area contributed by atoms with Gasteiger partial charge in [0.05, 0.1) is 0 Å². The van der Waals surface area contributed by atoms with E-state index in [0.717, 1.165) is 12.8 Å². The molecule has 0 saturated carbocycles. The predicted molar refractivity (Wildman–Crippen MR) is 44.8 cm³/mol. The average molecular weight is 176 g/mol. The van der Waals surface area contributed by atoms with Gasteiger partial charge in [0.15, 0.2) is 6.16 Å². The molecule has 0 amide bonds. The molecule has 0 aliphatic carbocycles. The summed E-state index contributed by atoms with van der Waals surface area (Å²) in [5.74, 6) is 0. The second-order valence-corrected chi connectivity index (χ2v) is 3.39. The Balaban J connectivity index is 0. The van der Waals surface area contributed by atoms with E-state index in [1.54, 1.807) is 0 Å². The molecule has 2 nitrogen and oxygen atoms in total. The fourth-order valence-electron chi connectivity index (χ4n) is 0.402. The van der Waals surface area contributed by atoms with Crippen LogP contribution in [0, 0.1) is 0 Å². The number of unbranched alkanes of at least 4 members (excludes halogenated alkanes) is 1. The van der Waals surface area contributed by atoms with Crippen molar-refractivity contribution in [2.75, 3.05) is 12.8 Å². The molecule has 0 aromatic rings. The highest BCUT2D eigenvalue weighted by Crippen LogP contribution is 2.20. The van der Waals surface area contributed by atoms with Crippen LogP contribution in [-0.2, 0) is 9.09 Å². The Kier molecular flexibility index (Phi) is 12.7. The summed E-state index contributed by atoms with van der Waals surface area (Å²) in [6, 6.07) is 0. The van der Waals surface area contributed by atoms with Crippen LogP contribution < -0.4 is 0 Å². The molecule has 0 fully saturated rings. The maximum atomic E-state index is 10.6. The predicted octanol–water partition coefficient (Wildman–Crippen LogP) is 2.18. The molecular weight excluding hydrogens is 162 g/mol. The zero-order valence-corrected chi connectivity index (χ0v) is 8.72. The first kappa shape index (κ1) is 13.2. The molecule has 3 radical (unpaired) electrons. The standard InChI is InChI=1S/C6H14O2P.Al/c1-3-5-6-8-9(7)4-2;/h3-6H2,1-2H3;/q+1;. The smallest absolute Gasteiger partial charge is 0.146 e. The highest BCUT2D eigenvalue weighted by Gasteiger charge is 2.10. The van der Waals surface area contributed by atoms with Crippen molar-refractivity contribution >= 4 is 25.4 Å². The lowest BCUT2D eigenvalue weighted by atomic mass is 10.4. The van der Waals surface area contributed by atoms with Crippen molar-refractivity contribution in [3.05, 3.63) is 0 Å². The molecule has 4 heteroatoms. The van der Waals surface area contributed by atoms with Gasteiger partial charge in [-0.1, -0.05) is 13.3 Å². The van der Waals surface area contributed by atoms with Crippen molar-refractivity contribution in [2.45, 2.75) is 26.7 Å². The van der Waals surface area contributed by atoms with Crippen molar-refractivity contribution in [3.63, 3.8) is 0 Å². The van der Waals surface area contributed by atoms with Gasteiger partial charge in [-0.05, 0) is 17.9 Å². The molecule has 10 heavy (non-hydrogen) atoms. The van der Waals surface area contributed by atoms with Gasteiger partial charge in [0.1, 0.15) is 6.61 Å². The van der Waals surface area contributed by atoms with Gasteiger partial charge in [-0.3, -0.25) is 0 Å². The Bertz CT molecular complexity index is 87.8. The van der Waals surface area contributed by atoms with Crippen molar-refractivity contribution in [3.8, 4) is 0 Å². The highest BCUT2D eigenvalue weighted by atomic mass is 31.1. The maximum absolute atomic E-state index is 10.6. The maximum Gasteiger partial charge on any atom is 0.507 e. The summed E-state index contributed by atoms with van der Waals surface area (Å²) >= 11 is 0. The van der Waals surface area contributed by atoms with Gasteiger partial charge >= 0.3 is 8.03 Å². The van der Waals surface area contributed by atoms with E-state index in [-0.39, 0.29) is 17.4 Å². The topological polar surface area (TPSA) is 26.3 Å². The molecule has 0 aromatic carbocycles. The van der Waals surface area contributed by atoms with Crippen LogP contribution in [0.1, 0.15) is 26.7 Å². The van der Waals surface area contributed by atoms with Crippen LogP contribution >= 0.6 is 8.03 Å². The highest BCUT2D eigenvalue weighted by molar-refractivity contribution is 7.39. The third-order valence-corrected chi connectivity index (χ3v) is 1.98. The summed E-state index contributed by atoms with van der Waals surface area (Å²) in [5, 5.41) is 0. The molecule has 57 valence electrons. The van der Waals surface area contributed by atoms with E-state index in [0.29, 0.717) is 12.8 Å². The zero-order valence-electron chi connectivity index (χ0n) is 6.67. The van der Waals surface area contributed by atoms with Gasteiger partial charge in [0, 0.05) is 17.4 Å². The number of hydrogen-bond donors (Lipinski definition) is 0. The van der Waals surface area contributed by atoms with Crippen LogP contribution in [0.15, 0.2) is 0 Å². The summed E-state index contributed by atoms with van der Waals surface area (Å²) in [5.41, 5.74) is 0. The van der Waals surface area contributed by atoms with E-state index in [1.165, 1.54) is 0 Å². The van der Waals surface area contributed by atoms with Crippen LogP contribution in [0.25, 0.3) is 0 Å². The average Bonchev–Trinajstić information content (AvgIpc) is 1.89. The first-order valence-electron chi connectivity index (χ1n) is 3.38. The molecule has 1 unspecified atom stereocenters. The molecule has 0 N–H and O–H groups in total. The normalized spacial score (nSPS) is 10.4.